The van der Waals surface area contributed by atoms with E-state index in [1.807, 2.05) is 30.3 Å². The highest BCUT2D eigenvalue weighted by atomic mass is 19.1. The fraction of sp³-hybridized carbons (Fsp3) is 0.294. The first kappa shape index (κ1) is 14.0. The highest BCUT2D eigenvalue weighted by molar-refractivity contribution is 5.36. The van der Waals surface area contributed by atoms with Crippen molar-refractivity contribution in [2.24, 2.45) is 0 Å². The van der Waals surface area contributed by atoms with Gasteiger partial charge in [0.2, 0.25) is 0 Å². The lowest BCUT2D eigenvalue weighted by Crippen LogP contribution is -2.28. The molecule has 0 fully saturated rings. The minimum atomic E-state index is -0.439. The number of halogens is 1. The smallest absolute Gasteiger partial charge is 0.165 e. The van der Waals surface area contributed by atoms with E-state index in [2.05, 4.69) is 5.32 Å². The molecule has 1 aliphatic carbocycles. The van der Waals surface area contributed by atoms with E-state index in [4.69, 9.17) is 4.74 Å². The average molecular weight is 287 g/mol. The van der Waals surface area contributed by atoms with Gasteiger partial charge < -0.3 is 15.2 Å². The van der Waals surface area contributed by atoms with Gasteiger partial charge in [-0.1, -0.05) is 30.3 Å². The van der Waals surface area contributed by atoms with Gasteiger partial charge in [0.25, 0.3) is 0 Å². The van der Waals surface area contributed by atoms with Gasteiger partial charge in [0.15, 0.2) is 11.6 Å². The van der Waals surface area contributed by atoms with Crippen molar-refractivity contribution in [3.8, 4) is 5.75 Å². The number of fused-ring (bicyclic) bond motifs is 1. The van der Waals surface area contributed by atoms with E-state index in [0.29, 0.717) is 13.0 Å². The molecule has 110 valence electrons. The Labute approximate surface area is 123 Å². The average Bonchev–Trinajstić information content (AvgIpc) is 2.81. The zero-order chi connectivity index (χ0) is 14.8. The summed E-state index contributed by atoms with van der Waals surface area (Å²) >= 11 is 0. The molecule has 3 rings (SSSR count). The van der Waals surface area contributed by atoms with E-state index in [0.717, 1.165) is 11.1 Å². The first-order valence-electron chi connectivity index (χ1n) is 7.00. The molecular weight excluding hydrogens is 269 g/mol. The number of aliphatic hydroxyl groups is 1. The highest BCUT2D eigenvalue weighted by Gasteiger charge is 2.30. The molecule has 0 spiro atoms. The van der Waals surface area contributed by atoms with E-state index < -0.39 is 6.10 Å². The maximum absolute atomic E-state index is 13.7. The second kappa shape index (κ2) is 5.84. The SMILES string of the molecule is COc1ccc(CN[C@@H]2c3ccccc3C[C@H]2O)cc1F. The third-order valence-corrected chi connectivity index (χ3v) is 3.95. The predicted molar refractivity (Wildman–Crippen MR) is 78.7 cm³/mol. The van der Waals surface area contributed by atoms with E-state index in [1.165, 1.54) is 18.7 Å². The van der Waals surface area contributed by atoms with E-state index in [1.54, 1.807) is 6.07 Å². The van der Waals surface area contributed by atoms with E-state index in [-0.39, 0.29) is 17.6 Å². The predicted octanol–water partition coefficient (Wildman–Crippen LogP) is 2.58. The summed E-state index contributed by atoms with van der Waals surface area (Å²) in [6, 6.07) is 12.8. The van der Waals surface area contributed by atoms with Crippen LogP contribution in [0.25, 0.3) is 0 Å². The molecular formula is C17H18FNO2. The summed E-state index contributed by atoms with van der Waals surface area (Å²) in [5.74, 6) is -0.130. The van der Waals surface area contributed by atoms with Crippen molar-refractivity contribution in [3.05, 3.63) is 65.0 Å². The lowest BCUT2D eigenvalue weighted by molar-refractivity contribution is 0.140. The van der Waals surface area contributed by atoms with Crippen molar-refractivity contribution in [3.63, 3.8) is 0 Å². The molecule has 21 heavy (non-hydrogen) atoms. The number of methoxy groups -OCH3 is 1. The minimum absolute atomic E-state index is 0.105. The quantitative estimate of drug-likeness (QED) is 0.908. The monoisotopic (exact) mass is 287 g/mol. The number of ether oxygens (including phenoxy) is 1. The van der Waals surface area contributed by atoms with Gasteiger partial charge in [0.1, 0.15) is 0 Å². The minimum Gasteiger partial charge on any atom is -0.494 e. The standard InChI is InChI=1S/C17H18FNO2/c1-21-16-7-6-11(8-14(16)18)10-19-17-13-5-3-2-4-12(13)9-15(17)20/h2-8,15,17,19-20H,9-10H2,1H3/t15-,17-/m1/s1. The van der Waals surface area contributed by atoms with Crippen molar-refractivity contribution in [2.45, 2.75) is 25.1 Å². The van der Waals surface area contributed by atoms with Crippen LogP contribution in [-0.2, 0) is 13.0 Å². The second-order valence-corrected chi connectivity index (χ2v) is 5.30. The van der Waals surface area contributed by atoms with Crippen LogP contribution in [0.1, 0.15) is 22.7 Å². The van der Waals surface area contributed by atoms with Crippen molar-refractivity contribution in [1.82, 2.24) is 5.32 Å². The highest BCUT2D eigenvalue weighted by Crippen LogP contribution is 2.31. The molecule has 2 atom stereocenters. The van der Waals surface area contributed by atoms with Gasteiger partial charge in [-0.25, -0.2) is 4.39 Å². The largest absolute Gasteiger partial charge is 0.494 e. The van der Waals surface area contributed by atoms with Gasteiger partial charge in [-0.05, 0) is 28.8 Å². The third-order valence-electron chi connectivity index (χ3n) is 3.95. The molecule has 0 amide bonds. The molecule has 1 aliphatic rings. The molecule has 0 bridgehead atoms. The first-order valence-corrected chi connectivity index (χ1v) is 7.00. The molecule has 2 N–H and O–H groups in total. The van der Waals surface area contributed by atoms with Crippen LogP contribution >= 0.6 is 0 Å². The van der Waals surface area contributed by atoms with Gasteiger partial charge in [-0.3, -0.25) is 0 Å². The van der Waals surface area contributed by atoms with Crippen molar-refractivity contribution in [2.75, 3.05) is 7.11 Å². The van der Waals surface area contributed by atoms with E-state index >= 15 is 0 Å². The molecule has 0 heterocycles. The maximum atomic E-state index is 13.7. The summed E-state index contributed by atoms with van der Waals surface area (Å²) in [6.45, 7) is 0.497. The molecule has 0 saturated carbocycles. The molecule has 3 nitrogen and oxygen atoms in total. The summed E-state index contributed by atoms with van der Waals surface area (Å²) in [5.41, 5.74) is 3.12. The molecule has 2 aromatic rings. The summed E-state index contributed by atoms with van der Waals surface area (Å²) < 4.78 is 18.6. The number of benzene rings is 2. The Kier molecular flexibility index (Phi) is 3.90. The number of hydrogen-bond acceptors (Lipinski definition) is 3. The topological polar surface area (TPSA) is 41.5 Å². The Morgan fingerprint density at radius 3 is 2.86 bits per heavy atom. The van der Waals surface area contributed by atoms with Gasteiger partial charge in [-0.2, -0.15) is 0 Å². The zero-order valence-electron chi connectivity index (χ0n) is 11.8. The van der Waals surface area contributed by atoms with Crippen LogP contribution in [-0.4, -0.2) is 18.3 Å². The molecule has 2 aromatic carbocycles. The van der Waals surface area contributed by atoms with Crippen LogP contribution in [0.15, 0.2) is 42.5 Å². The molecule has 4 heteroatoms. The lowest BCUT2D eigenvalue weighted by Gasteiger charge is -2.18. The van der Waals surface area contributed by atoms with Crippen LogP contribution in [0, 0.1) is 5.82 Å². The van der Waals surface area contributed by atoms with Crippen LogP contribution < -0.4 is 10.1 Å². The Morgan fingerprint density at radius 2 is 2.10 bits per heavy atom. The van der Waals surface area contributed by atoms with Crippen LogP contribution in [0.2, 0.25) is 0 Å². The van der Waals surface area contributed by atoms with Gasteiger partial charge in [0, 0.05) is 13.0 Å². The Balaban J connectivity index is 1.72. The number of aliphatic hydroxyl groups excluding tert-OH is 1. The maximum Gasteiger partial charge on any atom is 0.165 e. The lowest BCUT2D eigenvalue weighted by atomic mass is 10.1. The third kappa shape index (κ3) is 2.77. The van der Waals surface area contributed by atoms with Crippen molar-refractivity contribution < 1.29 is 14.2 Å². The van der Waals surface area contributed by atoms with Crippen molar-refractivity contribution in [1.29, 1.82) is 0 Å². The first-order chi connectivity index (χ1) is 10.2. The number of nitrogens with one attached hydrogen (secondary N) is 1. The van der Waals surface area contributed by atoms with E-state index in [9.17, 15) is 9.50 Å². The summed E-state index contributed by atoms with van der Waals surface area (Å²) in [7, 11) is 1.45. The molecule has 0 aromatic heterocycles. The normalized spacial score (nSPS) is 20.3. The van der Waals surface area contributed by atoms with Gasteiger partial charge in [0.05, 0.1) is 19.3 Å². The molecule has 0 saturated heterocycles. The zero-order valence-corrected chi connectivity index (χ0v) is 11.8. The summed E-state index contributed by atoms with van der Waals surface area (Å²) in [6.07, 6.45) is 0.218. The number of rotatable bonds is 4. The van der Waals surface area contributed by atoms with Crippen LogP contribution in [0.3, 0.4) is 0 Å². The Morgan fingerprint density at radius 1 is 1.29 bits per heavy atom. The van der Waals surface area contributed by atoms with Crippen LogP contribution in [0.5, 0.6) is 5.75 Å². The molecule has 0 unspecified atom stereocenters. The fourth-order valence-corrected chi connectivity index (χ4v) is 2.87. The van der Waals surface area contributed by atoms with Gasteiger partial charge in [-0.15, -0.1) is 0 Å². The Bertz CT molecular complexity index is 644. The van der Waals surface area contributed by atoms with Crippen molar-refractivity contribution >= 4 is 0 Å². The summed E-state index contributed by atoms with van der Waals surface area (Å²) in [5, 5.41) is 13.5. The Hall–Kier alpha value is -1.91. The second-order valence-electron chi connectivity index (χ2n) is 5.30. The molecule has 0 radical (unpaired) electrons. The van der Waals surface area contributed by atoms with Crippen LogP contribution in [0.4, 0.5) is 4.39 Å². The fourth-order valence-electron chi connectivity index (χ4n) is 2.87. The summed E-state index contributed by atoms with van der Waals surface area (Å²) in [4.78, 5) is 0. The number of hydrogen-bond donors (Lipinski definition) is 2. The molecule has 0 aliphatic heterocycles. The van der Waals surface area contributed by atoms with Gasteiger partial charge >= 0.3 is 0 Å².